The van der Waals surface area contributed by atoms with Crippen LogP contribution in [0.25, 0.3) is 0 Å². The molecule has 94 valence electrons. The summed E-state index contributed by atoms with van der Waals surface area (Å²) in [6.45, 7) is 6.20. The molecule has 1 heterocycles. The third-order valence-corrected chi connectivity index (χ3v) is 3.08. The molecule has 0 amide bonds. The van der Waals surface area contributed by atoms with Crippen LogP contribution >= 0.6 is 0 Å². The van der Waals surface area contributed by atoms with Crippen molar-refractivity contribution < 1.29 is 9.57 Å². The lowest BCUT2D eigenvalue weighted by atomic mass is 10.1. The van der Waals surface area contributed by atoms with Crippen molar-refractivity contribution in [3.05, 3.63) is 29.3 Å². The van der Waals surface area contributed by atoms with Crippen LogP contribution in [0.15, 0.2) is 18.2 Å². The molecule has 17 heavy (non-hydrogen) atoms. The van der Waals surface area contributed by atoms with Crippen LogP contribution < -0.4 is 10.8 Å². The lowest BCUT2D eigenvalue weighted by Crippen LogP contribution is -2.36. The van der Waals surface area contributed by atoms with Gasteiger partial charge in [-0.25, -0.2) is 5.90 Å². The van der Waals surface area contributed by atoms with E-state index in [9.17, 15) is 0 Å². The molecule has 4 heteroatoms. The van der Waals surface area contributed by atoms with Gasteiger partial charge >= 0.3 is 0 Å². The minimum Gasteiger partial charge on any atom is -0.378 e. The first-order chi connectivity index (χ1) is 8.31. The summed E-state index contributed by atoms with van der Waals surface area (Å²) in [4.78, 5) is 7.05. The molecule has 0 bridgehead atoms. The number of anilines is 1. The zero-order chi connectivity index (χ0) is 12.1. The van der Waals surface area contributed by atoms with Gasteiger partial charge in [0.1, 0.15) is 0 Å². The van der Waals surface area contributed by atoms with Crippen molar-refractivity contribution in [1.82, 2.24) is 0 Å². The molecule has 0 aliphatic carbocycles. The molecule has 0 atom stereocenters. The topological polar surface area (TPSA) is 47.7 Å². The van der Waals surface area contributed by atoms with Crippen molar-refractivity contribution in [2.75, 3.05) is 37.8 Å². The van der Waals surface area contributed by atoms with Gasteiger partial charge in [0, 0.05) is 18.8 Å². The number of nitrogens with two attached hydrogens (primary N) is 1. The number of aryl methyl sites for hydroxylation is 1. The summed E-state index contributed by atoms with van der Waals surface area (Å²) < 4.78 is 5.39. The first kappa shape index (κ1) is 12.4. The predicted molar refractivity (Wildman–Crippen MR) is 68.1 cm³/mol. The maximum Gasteiger partial charge on any atom is 0.0720 e. The van der Waals surface area contributed by atoms with Crippen LogP contribution in [0.4, 0.5) is 5.69 Å². The maximum absolute atomic E-state index is 5.39. The van der Waals surface area contributed by atoms with Gasteiger partial charge in [-0.3, -0.25) is 0 Å². The summed E-state index contributed by atoms with van der Waals surface area (Å²) in [5.74, 6) is 5.10. The molecular weight excluding hydrogens is 216 g/mol. The van der Waals surface area contributed by atoms with Gasteiger partial charge < -0.3 is 14.5 Å². The highest BCUT2D eigenvalue weighted by molar-refractivity contribution is 5.56. The molecule has 2 N–H and O–H groups in total. The van der Waals surface area contributed by atoms with Crippen molar-refractivity contribution in [3.63, 3.8) is 0 Å². The van der Waals surface area contributed by atoms with Gasteiger partial charge in [0.25, 0.3) is 0 Å². The van der Waals surface area contributed by atoms with Crippen LogP contribution in [0.1, 0.15) is 11.1 Å². The van der Waals surface area contributed by atoms with E-state index in [1.165, 1.54) is 16.8 Å². The normalized spacial score (nSPS) is 16.2. The van der Waals surface area contributed by atoms with Crippen LogP contribution in [-0.2, 0) is 16.0 Å². The zero-order valence-electron chi connectivity index (χ0n) is 10.3. The van der Waals surface area contributed by atoms with Crippen molar-refractivity contribution in [1.29, 1.82) is 0 Å². The Balaban J connectivity index is 2.19. The average molecular weight is 236 g/mol. The highest BCUT2D eigenvalue weighted by Crippen LogP contribution is 2.23. The number of ether oxygens (including phenoxy) is 1. The molecule has 1 fully saturated rings. The molecule has 0 saturated carbocycles. The van der Waals surface area contributed by atoms with Crippen LogP contribution in [0.5, 0.6) is 0 Å². The number of hydrogen-bond donors (Lipinski definition) is 1. The zero-order valence-corrected chi connectivity index (χ0v) is 10.3. The second kappa shape index (κ2) is 6.00. The van der Waals surface area contributed by atoms with Crippen molar-refractivity contribution in [2.45, 2.75) is 13.3 Å². The Morgan fingerprint density at radius 2 is 2.12 bits per heavy atom. The van der Waals surface area contributed by atoms with Gasteiger partial charge in [0.05, 0.1) is 19.8 Å². The van der Waals surface area contributed by atoms with E-state index in [0.29, 0.717) is 6.61 Å². The lowest BCUT2D eigenvalue weighted by Gasteiger charge is -2.31. The minimum atomic E-state index is 0.556. The molecule has 0 aromatic heterocycles. The van der Waals surface area contributed by atoms with Gasteiger partial charge in [0.15, 0.2) is 0 Å². The van der Waals surface area contributed by atoms with Crippen molar-refractivity contribution in [2.24, 2.45) is 5.90 Å². The van der Waals surface area contributed by atoms with E-state index in [1.54, 1.807) is 0 Å². The van der Waals surface area contributed by atoms with E-state index in [1.807, 2.05) is 0 Å². The fourth-order valence-corrected chi connectivity index (χ4v) is 2.15. The monoisotopic (exact) mass is 236 g/mol. The molecule has 4 nitrogen and oxygen atoms in total. The van der Waals surface area contributed by atoms with E-state index in [4.69, 9.17) is 10.6 Å². The summed E-state index contributed by atoms with van der Waals surface area (Å²) in [6.07, 6.45) is 0.851. The number of benzene rings is 1. The molecule has 1 aromatic rings. The van der Waals surface area contributed by atoms with Crippen molar-refractivity contribution >= 4 is 5.69 Å². The predicted octanol–water partition coefficient (Wildman–Crippen LogP) is 1.26. The van der Waals surface area contributed by atoms with Crippen LogP contribution in [0.3, 0.4) is 0 Å². The Kier molecular flexibility index (Phi) is 4.36. The lowest BCUT2D eigenvalue weighted by molar-refractivity contribution is 0.122. The molecule has 1 aromatic carbocycles. The van der Waals surface area contributed by atoms with Gasteiger partial charge in [0.2, 0.25) is 0 Å². The molecular formula is C13H20N2O2. The third kappa shape index (κ3) is 3.19. The van der Waals surface area contributed by atoms with Gasteiger partial charge in [-0.2, -0.15) is 0 Å². The number of morpholine rings is 1. The molecule has 1 aliphatic rings. The quantitative estimate of drug-likeness (QED) is 0.800. The summed E-state index contributed by atoms with van der Waals surface area (Å²) in [7, 11) is 0. The maximum atomic E-state index is 5.39. The second-order valence-electron chi connectivity index (χ2n) is 4.35. The Hall–Kier alpha value is -1.10. The van der Waals surface area contributed by atoms with Crippen LogP contribution in [0.2, 0.25) is 0 Å². The minimum absolute atomic E-state index is 0.556. The number of nitrogens with zero attached hydrogens (tertiary/aromatic N) is 1. The summed E-state index contributed by atoms with van der Waals surface area (Å²) in [5.41, 5.74) is 3.87. The SMILES string of the molecule is Cc1ccc(CCON)c(N2CCOCC2)c1. The second-order valence-corrected chi connectivity index (χ2v) is 4.35. The first-order valence-electron chi connectivity index (χ1n) is 6.05. The summed E-state index contributed by atoms with van der Waals surface area (Å²) >= 11 is 0. The standard InChI is InChI=1S/C13H20N2O2/c1-11-2-3-12(4-7-17-14)13(10-11)15-5-8-16-9-6-15/h2-3,10H,4-9,14H2,1H3. The van der Waals surface area contributed by atoms with Crippen molar-refractivity contribution in [3.8, 4) is 0 Å². The van der Waals surface area contributed by atoms with Gasteiger partial charge in [-0.05, 0) is 30.5 Å². The number of rotatable bonds is 4. The fraction of sp³-hybridized carbons (Fsp3) is 0.538. The third-order valence-electron chi connectivity index (χ3n) is 3.08. The fourth-order valence-electron chi connectivity index (χ4n) is 2.15. The van der Waals surface area contributed by atoms with E-state index in [2.05, 4.69) is 34.9 Å². The van der Waals surface area contributed by atoms with Crippen LogP contribution in [0, 0.1) is 6.92 Å². The Labute approximate surface area is 102 Å². The van der Waals surface area contributed by atoms with E-state index in [-0.39, 0.29) is 0 Å². The Bertz CT molecular complexity index is 362. The highest BCUT2D eigenvalue weighted by atomic mass is 16.6. The molecule has 0 spiro atoms. The van der Waals surface area contributed by atoms with Gasteiger partial charge in [-0.1, -0.05) is 12.1 Å². The largest absolute Gasteiger partial charge is 0.378 e. The molecule has 2 rings (SSSR count). The van der Waals surface area contributed by atoms with E-state index < -0.39 is 0 Å². The van der Waals surface area contributed by atoms with E-state index >= 15 is 0 Å². The molecule has 0 unspecified atom stereocenters. The Morgan fingerprint density at radius 3 is 2.82 bits per heavy atom. The number of hydrogen-bond acceptors (Lipinski definition) is 4. The average Bonchev–Trinajstić information content (AvgIpc) is 2.38. The summed E-state index contributed by atoms with van der Waals surface area (Å²) in [5, 5.41) is 0. The Morgan fingerprint density at radius 1 is 1.35 bits per heavy atom. The van der Waals surface area contributed by atoms with Crippen LogP contribution in [-0.4, -0.2) is 32.9 Å². The summed E-state index contributed by atoms with van der Waals surface area (Å²) in [6, 6.07) is 6.53. The molecule has 1 saturated heterocycles. The smallest absolute Gasteiger partial charge is 0.0720 e. The highest BCUT2D eigenvalue weighted by Gasteiger charge is 2.14. The molecule has 0 radical (unpaired) electrons. The molecule has 1 aliphatic heterocycles. The first-order valence-corrected chi connectivity index (χ1v) is 6.05. The van der Waals surface area contributed by atoms with E-state index in [0.717, 1.165) is 32.7 Å². The van der Waals surface area contributed by atoms with Gasteiger partial charge in [-0.15, -0.1) is 0 Å².